The van der Waals surface area contributed by atoms with Crippen molar-refractivity contribution < 1.29 is 4.79 Å². The summed E-state index contributed by atoms with van der Waals surface area (Å²) in [5.41, 5.74) is 9.90. The Bertz CT molecular complexity index is 625. The average molecular weight is 297 g/mol. The van der Waals surface area contributed by atoms with E-state index in [-0.39, 0.29) is 12.0 Å². The molecule has 1 unspecified atom stereocenters. The molecule has 4 heteroatoms. The minimum absolute atomic E-state index is 0.108. The highest BCUT2D eigenvalue weighted by molar-refractivity contribution is 5.83. The third kappa shape index (κ3) is 2.55. The maximum Gasteiger partial charge on any atom is 0.138 e. The predicted octanol–water partition coefficient (Wildman–Crippen LogP) is 2.88. The molecule has 1 aromatic carbocycles. The summed E-state index contributed by atoms with van der Waals surface area (Å²) in [7, 11) is 0. The molecule has 1 aliphatic carbocycles. The van der Waals surface area contributed by atoms with E-state index in [4.69, 9.17) is 11.6 Å². The van der Waals surface area contributed by atoms with Crippen LogP contribution >= 0.6 is 0 Å². The third-order valence-electron chi connectivity index (χ3n) is 4.91. The first-order chi connectivity index (χ1) is 10.6. The highest BCUT2D eigenvalue weighted by Gasteiger charge is 2.35. The van der Waals surface area contributed by atoms with Gasteiger partial charge in [-0.2, -0.15) is 0 Å². The van der Waals surface area contributed by atoms with Gasteiger partial charge < -0.3 is 10.7 Å². The van der Waals surface area contributed by atoms with Gasteiger partial charge in [-0.05, 0) is 31.2 Å². The number of allylic oxidation sites excluding steroid dienone is 1. The van der Waals surface area contributed by atoms with Crippen molar-refractivity contribution in [1.29, 1.82) is 0 Å². The second kappa shape index (κ2) is 5.97. The molecule has 1 fully saturated rings. The van der Waals surface area contributed by atoms with Crippen LogP contribution in [0.25, 0.3) is 5.70 Å². The van der Waals surface area contributed by atoms with E-state index < -0.39 is 0 Å². The number of Topliss-reactive ketones (excluding diaryl/α,β-unsaturated/α-hetero) is 1. The number of hydrogen-bond acceptors (Lipinski definition) is 4. The van der Waals surface area contributed by atoms with Crippen LogP contribution in [0.1, 0.15) is 49.3 Å². The fraction of sp³-hybridized carbons (Fsp3) is 0.389. The van der Waals surface area contributed by atoms with E-state index in [1.165, 1.54) is 11.8 Å². The van der Waals surface area contributed by atoms with E-state index in [2.05, 4.69) is 6.58 Å². The van der Waals surface area contributed by atoms with Gasteiger partial charge in [0, 0.05) is 24.1 Å². The molecule has 3 rings (SSSR count). The highest BCUT2D eigenvalue weighted by atomic mass is 16.1. The first-order valence-corrected chi connectivity index (χ1v) is 7.86. The van der Waals surface area contributed by atoms with Gasteiger partial charge in [-0.25, -0.2) is 5.84 Å². The Morgan fingerprint density at radius 2 is 2.00 bits per heavy atom. The lowest BCUT2D eigenvalue weighted by atomic mass is 9.82. The van der Waals surface area contributed by atoms with Crippen LogP contribution in [-0.2, 0) is 4.79 Å². The molecule has 4 nitrogen and oxygen atoms in total. The number of carbonyl (C=O) groups is 1. The van der Waals surface area contributed by atoms with Crippen LogP contribution in [0.3, 0.4) is 0 Å². The van der Waals surface area contributed by atoms with Crippen molar-refractivity contribution in [3.8, 4) is 0 Å². The van der Waals surface area contributed by atoms with Gasteiger partial charge in [-0.15, -0.1) is 0 Å². The van der Waals surface area contributed by atoms with Gasteiger partial charge in [0.2, 0.25) is 0 Å². The number of hydrazine groups is 1. The van der Waals surface area contributed by atoms with E-state index in [9.17, 15) is 4.79 Å². The fourth-order valence-corrected chi connectivity index (χ4v) is 3.57. The van der Waals surface area contributed by atoms with Crippen LogP contribution in [-0.4, -0.2) is 10.8 Å². The molecule has 1 saturated carbocycles. The van der Waals surface area contributed by atoms with E-state index in [1.54, 1.807) is 5.01 Å². The van der Waals surface area contributed by atoms with Crippen LogP contribution in [0.4, 0.5) is 0 Å². The van der Waals surface area contributed by atoms with Gasteiger partial charge in [-0.1, -0.05) is 36.4 Å². The van der Waals surface area contributed by atoms with Gasteiger partial charge in [0.05, 0.1) is 11.7 Å². The lowest BCUT2D eigenvalue weighted by molar-refractivity contribution is -0.124. The van der Waals surface area contributed by atoms with E-state index in [0.29, 0.717) is 12.2 Å². The largest absolute Gasteiger partial charge is 0.403 e. The Labute approximate surface area is 131 Å². The van der Waals surface area contributed by atoms with Crippen LogP contribution in [0.5, 0.6) is 0 Å². The summed E-state index contributed by atoms with van der Waals surface area (Å²) in [5, 5.41) is 1.64. The van der Waals surface area contributed by atoms with Gasteiger partial charge in [0.15, 0.2) is 0 Å². The number of benzene rings is 1. The van der Waals surface area contributed by atoms with Crippen molar-refractivity contribution in [2.24, 2.45) is 17.5 Å². The van der Waals surface area contributed by atoms with Crippen LogP contribution in [0.2, 0.25) is 0 Å². The number of ketones is 1. The topological polar surface area (TPSA) is 72.4 Å². The molecular formula is C18H23N3O. The van der Waals surface area contributed by atoms with Crippen LogP contribution in [0, 0.1) is 5.92 Å². The molecular weight excluding hydrogens is 274 g/mol. The predicted molar refractivity (Wildman–Crippen MR) is 88.1 cm³/mol. The van der Waals surface area contributed by atoms with Crippen molar-refractivity contribution >= 4 is 11.5 Å². The maximum atomic E-state index is 12.6. The Morgan fingerprint density at radius 1 is 1.32 bits per heavy atom. The van der Waals surface area contributed by atoms with Crippen molar-refractivity contribution in [3.63, 3.8) is 0 Å². The quantitative estimate of drug-likeness (QED) is 0.664. The van der Waals surface area contributed by atoms with Crippen molar-refractivity contribution in [2.45, 2.75) is 38.1 Å². The minimum atomic E-state index is -0.108. The Hall–Kier alpha value is -2.07. The number of nitrogens with two attached hydrogens (primary N) is 2. The first kappa shape index (κ1) is 14.9. The zero-order valence-electron chi connectivity index (χ0n) is 12.8. The second-order valence-corrected chi connectivity index (χ2v) is 6.26. The number of hydrogen-bond donors (Lipinski definition) is 2. The minimum Gasteiger partial charge on any atom is -0.403 e. The standard InChI is InChI=1S/C18H23N3O/c1-12-6-8-13(9-7-12)18(22)10-16-14-4-2-3-5-15(14)17(11-19)21(16)20/h2-5,11,13,16H,1,6-10,19-20H2/b17-11-. The Morgan fingerprint density at radius 3 is 2.68 bits per heavy atom. The molecule has 0 bridgehead atoms. The molecule has 1 heterocycles. The molecule has 4 N–H and O–H groups in total. The monoisotopic (exact) mass is 297 g/mol. The van der Waals surface area contributed by atoms with Gasteiger partial charge in [0.1, 0.15) is 5.78 Å². The second-order valence-electron chi connectivity index (χ2n) is 6.26. The SMILES string of the molecule is C=C1CCC(C(=O)CC2c3ccccc3/C(=C/N)N2N)CC1. The first-order valence-electron chi connectivity index (χ1n) is 7.86. The van der Waals surface area contributed by atoms with Crippen molar-refractivity contribution in [2.75, 3.05) is 0 Å². The summed E-state index contributed by atoms with van der Waals surface area (Å²) in [4.78, 5) is 12.6. The fourth-order valence-electron chi connectivity index (χ4n) is 3.57. The molecule has 0 saturated heterocycles. The summed E-state index contributed by atoms with van der Waals surface area (Å²) in [6.45, 7) is 4.01. The average Bonchev–Trinajstić information content (AvgIpc) is 2.80. The van der Waals surface area contributed by atoms with E-state index in [0.717, 1.165) is 42.5 Å². The normalized spacial score (nSPS) is 23.9. The van der Waals surface area contributed by atoms with E-state index in [1.807, 2.05) is 24.3 Å². The number of carbonyl (C=O) groups excluding carboxylic acids is 1. The molecule has 2 aliphatic rings. The van der Waals surface area contributed by atoms with Crippen LogP contribution in [0.15, 0.2) is 42.6 Å². The van der Waals surface area contributed by atoms with Gasteiger partial charge in [-0.3, -0.25) is 4.79 Å². The lowest BCUT2D eigenvalue weighted by Gasteiger charge is -2.26. The summed E-state index contributed by atoms with van der Waals surface area (Å²) in [6.07, 6.45) is 5.76. The Kier molecular flexibility index (Phi) is 4.03. The molecule has 1 aromatic rings. The van der Waals surface area contributed by atoms with Crippen molar-refractivity contribution in [3.05, 3.63) is 53.7 Å². The molecule has 22 heavy (non-hydrogen) atoms. The smallest absolute Gasteiger partial charge is 0.138 e. The number of fused-ring (bicyclic) bond motifs is 1. The zero-order chi connectivity index (χ0) is 15.7. The zero-order valence-corrected chi connectivity index (χ0v) is 12.8. The molecule has 116 valence electrons. The van der Waals surface area contributed by atoms with Gasteiger partial charge in [0.25, 0.3) is 0 Å². The molecule has 1 atom stereocenters. The molecule has 1 aliphatic heterocycles. The lowest BCUT2D eigenvalue weighted by Crippen LogP contribution is -2.32. The maximum absolute atomic E-state index is 12.6. The Balaban J connectivity index is 1.78. The van der Waals surface area contributed by atoms with Crippen LogP contribution < -0.4 is 11.6 Å². The van der Waals surface area contributed by atoms with E-state index >= 15 is 0 Å². The molecule has 0 spiro atoms. The van der Waals surface area contributed by atoms with Gasteiger partial charge >= 0.3 is 0 Å². The summed E-state index contributed by atoms with van der Waals surface area (Å²) >= 11 is 0. The van der Waals surface area contributed by atoms with Crippen molar-refractivity contribution in [1.82, 2.24) is 5.01 Å². The summed E-state index contributed by atoms with van der Waals surface area (Å²) in [6, 6.07) is 7.88. The number of rotatable bonds is 3. The molecule has 0 aromatic heterocycles. The summed E-state index contributed by atoms with van der Waals surface area (Å²) < 4.78 is 0. The molecule has 0 radical (unpaired) electrons. The highest BCUT2D eigenvalue weighted by Crippen LogP contribution is 2.41. The summed E-state index contributed by atoms with van der Waals surface area (Å²) in [5.74, 6) is 6.66. The number of nitrogens with zero attached hydrogens (tertiary/aromatic N) is 1. The third-order valence-corrected chi connectivity index (χ3v) is 4.91. The molecule has 0 amide bonds.